The van der Waals surface area contributed by atoms with Gasteiger partial charge in [0.1, 0.15) is 23.4 Å². The average molecular weight is 409 g/mol. The summed E-state index contributed by atoms with van der Waals surface area (Å²) in [6.07, 6.45) is 0. The number of hydrogen-bond acceptors (Lipinski definition) is 4. The van der Waals surface area contributed by atoms with E-state index in [-0.39, 0.29) is 17.4 Å². The van der Waals surface area contributed by atoms with Crippen molar-refractivity contribution in [3.05, 3.63) is 81.9 Å². The standard InChI is InChI=1S/C21H16FN3O5/c22-14-7-4-8-15-13(14)9-16-19(28)18(20(29)23-10-17(26)27)21(30)24(25(15)16)11-12-5-2-1-3-6-12/h1-9,28H,10-11H2,(H,23,29)(H,26,27). The Bertz CT molecular complexity index is 1360. The van der Waals surface area contributed by atoms with E-state index in [0.29, 0.717) is 5.52 Å². The minimum atomic E-state index is -1.30. The summed E-state index contributed by atoms with van der Waals surface area (Å²) in [7, 11) is 0. The molecule has 2 heterocycles. The fraction of sp³-hybridized carbons (Fsp3) is 0.0952. The Balaban J connectivity index is 2.03. The lowest BCUT2D eigenvalue weighted by atomic mass is 10.2. The van der Waals surface area contributed by atoms with Gasteiger partial charge >= 0.3 is 5.97 Å². The Morgan fingerprint density at radius 1 is 1.03 bits per heavy atom. The van der Waals surface area contributed by atoms with Crippen LogP contribution in [0, 0.1) is 5.82 Å². The molecule has 0 atom stereocenters. The molecule has 9 heteroatoms. The molecule has 152 valence electrons. The van der Waals surface area contributed by atoms with Crippen LogP contribution in [0.2, 0.25) is 0 Å². The van der Waals surface area contributed by atoms with Gasteiger partial charge in [-0.1, -0.05) is 36.4 Å². The molecule has 0 spiro atoms. The van der Waals surface area contributed by atoms with Gasteiger partial charge in [-0.05, 0) is 23.8 Å². The molecule has 0 aliphatic carbocycles. The van der Waals surface area contributed by atoms with Crippen LogP contribution in [0.3, 0.4) is 0 Å². The molecule has 0 unspecified atom stereocenters. The Morgan fingerprint density at radius 3 is 2.47 bits per heavy atom. The lowest BCUT2D eigenvalue weighted by molar-refractivity contribution is -0.135. The lowest BCUT2D eigenvalue weighted by Gasteiger charge is -2.15. The molecule has 0 aliphatic heterocycles. The van der Waals surface area contributed by atoms with Crippen LogP contribution >= 0.6 is 0 Å². The van der Waals surface area contributed by atoms with E-state index in [1.54, 1.807) is 30.3 Å². The number of amides is 1. The first-order valence-electron chi connectivity index (χ1n) is 8.98. The van der Waals surface area contributed by atoms with Crippen LogP contribution in [-0.4, -0.2) is 37.8 Å². The first-order chi connectivity index (χ1) is 14.4. The Kier molecular flexibility index (Phi) is 4.71. The summed E-state index contributed by atoms with van der Waals surface area (Å²) < 4.78 is 16.9. The summed E-state index contributed by atoms with van der Waals surface area (Å²) in [5, 5.41) is 21.7. The van der Waals surface area contributed by atoms with E-state index in [0.717, 1.165) is 5.56 Å². The largest absolute Gasteiger partial charge is 0.505 e. The van der Waals surface area contributed by atoms with Crippen LogP contribution in [0.25, 0.3) is 16.4 Å². The van der Waals surface area contributed by atoms with Crippen molar-refractivity contribution in [2.45, 2.75) is 6.54 Å². The number of carbonyl (C=O) groups excluding carboxylic acids is 1. The van der Waals surface area contributed by atoms with Gasteiger partial charge in [0.2, 0.25) is 0 Å². The third-order valence-corrected chi connectivity index (χ3v) is 4.74. The van der Waals surface area contributed by atoms with Crippen LogP contribution < -0.4 is 10.9 Å². The minimum Gasteiger partial charge on any atom is -0.505 e. The highest BCUT2D eigenvalue weighted by Gasteiger charge is 2.25. The predicted molar refractivity (Wildman–Crippen MR) is 106 cm³/mol. The van der Waals surface area contributed by atoms with Crippen LogP contribution in [-0.2, 0) is 11.3 Å². The molecule has 0 radical (unpaired) electrons. The van der Waals surface area contributed by atoms with Gasteiger partial charge in [-0.2, -0.15) is 0 Å². The lowest BCUT2D eigenvalue weighted by Crippen LogP contribution is -2.37. The highest BCUT2D eigenvalue weighted by atomic mass is 19.1. The third kappa shape index (κ3) is 3.16. The quantitative estimate of drug-likeness (QED) is 0.466. The molecule has 0 aliphatic rings. The highest BCUT2D eigenvalue weighted by Crippen LogP contribution is 2.29. The number of carbonyl (C=O) groups is 2. The van der Waals surface area contributed by atoms with Gasteiger partial charge in [-0.25, -0.2) is 13.6 Å². The number of hydrogen-bond donors (Lipinski definition) is 3. The van der Waals surface area contributed by atoms with Gasteiger partial charge < -0.3 is 15.5 Å². The number of nitrogens with one attached hydrogen (secondary N) is 1. The maximum absolute atomic E-state index is 14.4. The molecule has 4 aromatic rings. The molecule has 8 nitrogen and oxygen atoms in total. The van der Waals surface area contributed by atoms with E-state index >= 15 is 0 Å². The zero-order chi connectivity index (χ0) is 21.4. The van der Waals surface area contributed by atoms with E-state index in [9.17, 15) is 23.9 Å². The molecular formula is C21H16FN3O5. The summed E-state index contributed by atoms with van der Waals surface area (Å²) in [6.45, 7) is -0.685. The summed E-state index contributed by atoms with van der Waals surface area (Å²) in [4.78, 5) is 36.5. The molecule has 2 aromatic carbocycles. The summed E-state index contributed by atoms with van der Waals surface area (Å²) in [6, 6.07) is 14.6. The smallest absolute Gasteiger partial charge is 0.322 e. The predicted octanol–water partition coefficient (Wildman–Crippen LogP) is 1.96. The Hall–Kier alpha value is -4.14. The van der Waals surface area contributed by atoms with Crippen molar-refractivity contribution in [2.24, 2.45) is 0 Å². The third-order valence-electron chi connectivity index (χ3n) is 4.74. The first kappa shape index (κ1) is 19.2. The van der Waals surface area contributed by atoms with E-state index in [2.05, 4.69) is 5.32 Å². The van der Waals surface area contributed by atoms with Gasteiger partial charge in [0, 0.05) is 5.39 Å². The fourth-order valence-corrected chi connectivity index (χ4v) is 3.41. The van der Waals surface area contributed by atoms with Crippen LogP contribution in [0.4, 0.5) is 4.39 Å². The maximum atomic E-state index is 14.4. The van der Waals surface area contributed by atoms with Gasteiger partial charge in [0.05, 0.1) is 12.1 Å². The van der Waals surface area contributed by atoms with Crippen molar-refractivity contribution in [3.63, 3.8) is 0 Å². The molecule has 0 saturated carbocycles. The zero-order valence-corrected chi connectivity index (χ0v) is 15.5. The minimum absolute atomic E-state index is 0.0377. The molecule has 0 bridgehead atoms. The second-order valence-electron chi connectivity index (χ2n) is 6.66. The number of aromatic hydroxyl groups is 1. The molecule has 4 rings (SSSR count). The van der Waals surface area contributed by atoms with E-state index < -0.39 is 41.1 Å². The van der Waals surface area contributed by atoms with Crippen molar-refractivity contribution in [2.75, 3.05) is 6.54 Å². The SMILES string of the molecule is O=C(O)CNC(=O)c1c(O)c2cc3c(F)cccc3n2n(Cc2ccccc2)c1=O. The van der Waals surface area contributed by atoms with Crippen molar-refractivity contribution in [1.82, 2.24) is 14.5 Å². The molecule has 30 heavy (non-hydrogen) atoms. The van der Waals surface area contributed by atoms with Gasteiger partial charge in [-0.3, -0.25) is 14.4 Å². The molecule has 0 saturated heterocycles. The van der Waals surface area contributed by atoms with Crippen LogP contribution in [0.15, 0.2) is 59.4 Å². The Morgan fingerprint density at radius 2 is 1.77 bits per heavy atom. The van der Waals surface area contributed by atoms with Crippen molar-refractivity contribution in [3.8, 4) is 5.75 Å². The van der Waals surface area contributed by atoms with Crippen molar-refractivity contribution in [1.29, 1.82) is 0 Å². The van der Waals surface area contributed by atoms with E-state index in [4.69, 9.17) is 5.11 Å². The highest BCUT2D eigenvalue weighted by molar-refractivity contribution is 6.01. The summed E-state index contributed by atoms with van der Waals surface area (Å²) >= 11 is 0. The molecule has 2 aromatic heterocycles. The number of halogens is 1. The fourth-order valence-electron chi connectivity index (χ4n) is 3.41. The average Bonchev–Trinajstić information content (AvgIpc) is 3.12. The number of benzene rings is 2. The number of aromatic nitrogens is 2. The zero-order valence-electron chi connectivity index (χ0n) is 15.5. The van der Waals surface area contributed by atoms with Gasteiger partial charge in [-0.15, -0.1) is 0 Å². The summed E-state index contributed by atoms with van der Waals surface area (Å²) in [5.74, 6) is -3.53. The molecular weight excluding hydrogens is 393 g/mol. The van der Waals surface area contributed by atoms with Gasteiger partial charge in [0.15, 0.2) is 5.75 Å². The normalized spacial score (nSPS) is 11.1. The monoisotopic (exact) mass is 409 g/mol. The van der Waals surface area contributed by atoms with Crippen LogP contribution in [0.5, 0.6) is 5.75 Å². The maximum Gasteiger partial charge on any atom is 0.322 e. The molecule has 3 N–H and O–H groups in total. The number of carboxylic acid groups (broad SMARTS) is 1. The number of rotatable bonds is 5. The van der Waals surface area contributed by atoms with Gasteiger partial charge in [0.25, 0.3) is 11.5 Å². The molecule has 0 fully saturated rings. The summed E-state index contributed by atoms with van der Waals surface area (Å²) in [5.41, 5.74) is -0.324. The van der Waals surface area contributed by atoms with Crippen molar-refractivity contribution < 1.29 is 24.2 Å². The number of carboxylic acids is 1. The Labute approximate surface area is 168 Å². The van der Waals surface area contributed by atoms with Crippen molar-refractivity contribution >= 4 is 28.3 Å². The number of fused-ring (bicyclic) bond motifs is 3. The second kappa shape index (κ2) is 7.36. The number of nitrogens with zero attached hydrogens (tertiary/aromatic N) is 2. The number of aliphatic carboxylic acids is 1. The van der Waals surface area contributed by atoms with Crippen LogP contribution in [0.1, 0.15) is 15.9 Å². The topological polar surface area (TPSA) is 113 Å². The first-order valence-corrected chi connectivity index (χ1v) is 8.98. The second-order valence-corrected chi connectivity index (χ2v) is 6.66. The van der Waals surface area contributed by atoms with E-state index in [1.807, 2.05) is 6.07 Å². The molecule has 1 amide bonds. The van der Waals surface area contributed by atoms with E-state index in [1.165, 1.54) is 27.4 Å².